The van der Waals surface area contributed by atoms with Crippen LogP contribution in [-0.2, 0) is 6.54 Å². The molecule has 1 fully saturated rings. The van der Waals surface area contributed by atoms with Gasteiger partial charge in [-0.05, 0) is 57.6 Å². The maximum Gasteiger partial charge on any atom is 0.272 e. The third kappa shape index (κ3) is 3.87. The Morgan fingerprint density at radius 3 is 2.64 bits per heavy atom. The van der Waals surface area contributed by atoms with Crippen molar-refractivity contribution in [1.29, 1.82) is 0 Å². The monoisotopic (exact) mass is 377 g/mol. The summed E-state index contributed by atoms with van der Waals surface area (Å²) >= 11 is 0. The largest absolute Gasteiger partial charge is 0.339 e. The molecule has 0 aliphatic carbocycles. The van der Waals surface area contributed by atoms with Gasteiger partial charge >= 0.3 is 0 Å². The van der Waals surface area contributed by atoms with Gasteiger partial charge in [0.25, 0.3) is 5.91 Å². The fourth-order valence-corrected chi connectivity index (χ4v) is 3.88. The zero-order valence-electron chi connectivity index (χ0n) is 16.5. The summed E-state index contributed by atoms with van der Waals surface area (Å²) in [6, 6.07) is 14.3. The van der Waals surface area contributed by atoms with E-state index in [0.29, 0.717) is 18.3 Å². The van der Waals surface area contributed by atoms with Crippen molar-refractivity contribution in [2.24, 2.45) is 0 Å². The normalized spacial score (nSPS) is 15.6. The zero-order valence-corrected chi connectivity index (χ0v) is 16.5. The minimum Gasteiger partial charge on any atom is -0.339 e. The Balaban J connectivity index is 1.47. The van der Waals surface area contributed by atoms with Crippen molar-refractivity contribution in [3.8, 4) is 0 Å². The molecule has 0 spiro atoms. The van der Waals surface area contributed by atoms with E-state index in [1.54, 1.807) is 6.20 Å². The molecule has 0 saturated carbocycles. The molecule has 1 aliphatic heterocycles. The lowest BCUT2D eigenvalue weighted by molar-refractivity contribution is 0.101. The molecule has 1 aromatic carbocycles. The van der Waals surface area contributed by atoms with Crippen molar-refractivity contribution in [1.82, 2.24) is 19.2 Å². The van der Waals surface area contributed by atoms with Gasteiger partial charge in [-0.25, -0.2) is 0 Å². The summed E-state index contributed by atoms with van der Waals surface area (Å²) in [6.07, 6.45) is 5.89. The van der Waals surface area contributed by atoms with Gasteiger partial charge in [0.05, 0.1) is 23.6 Å². The smallest absolute Gasteiger partial charge is 0.272 e. The maximum atomic E-state index is 12.9. The first kappa shape index (κ1) is 18.5. The van der Waals surface area contributed by atoms with Crippen molar-refractivity contribution < 1.29 is 4.79 Å². The number of amides is 1. The number of piperidine rings is 1. The third-order valence-electron chi connectivity index (χ3n) is 5.58. The van der Waals surface area contributed by atoms with Crippen LogP contribution in [0.5, 0.6) is 0 Å². The SMILES string of the molecule is Cc1c(NC(=O)c2cccn2Cc2ccccc2)cnn1C1CCN(C)CC1. The van der Waals surface area contributed by atoms with Crippen LogP contribution in [0.4, 0.5) is 5.69 Å². The number of nitrogens with one attached hydrogen (secondary N) is 1. The molecule has 1 aliphatic rings. The quantitative estimate of drug-likeness (QED) is 0.740. The Hall–Kier alpha value is -2.86. The topological polar surface area (TPSA) is 55.1 Å². The molecule has 3 heterocycles. The number of anilines is 1. The van der Waals surface area contributed by atoms with Gasteiger partial charge in [0.1, 0.15) is 5.69 Å². The molecule has 1 amide bonds. The molecule has 0 unspecified atom stereocenters. The lowest BCUT2D eigenvalue weighted by Gasteiger charge is -2.29. The van der Waals surface area contributed by atoms with Gasteiger partial charge in [-0.15, -0.1) is 0 Å². The Labute approximate surface area is 165 Å². The highest BCUT2D eigenvalue weighted by atomic mass is 16.2. The van der Waals surface area contributed by atoms with Gasteiger partial charge in [0.2, 0.25) is 0 Å². The molecule has 6 heteroatoms. The van der Waals surface area contributed by atoms with E-state index < -0.39 is 0 Å². The molecule has 4 rings (SSSR count). The van der Waals surface area contributed by atoms with E-state index in [1.165, 1.54) is 5.56 Å². The lowest BCUT2D eigenvalue weighted by atomic mass is 10.1. The van der Waals surface area contributed by atoms with Gasteiger partial charge in [-0.1, -0.05) is 30.3 Å². The predicted molar refractivity (Wildman–Crippen MR) is 111 cm³/mol. The Bertz CT molecular complexity index is 935. The second-order valence-corrected chi connectivity index (χ2v) is 7.58. The molecule has 6 nitrogen and oxygen atoms in total. The number of likely N-dealkylation sites (tertiary alicyclic amines) is 1. The lowest BCUT2D eigenvalue weighted by Crippen LogP contribution is -2.32. The van der Waals surface area contributed by atoms with Crippen molar-refractivity contribution in [3.05, 3.63) is 71.8 Å². The van der Waals surface area contributed by atoms with Crippen LogP contribution in [0, 0.1) is 6.92 Å². The summed E-state index contributed by atoms with van der Waals surface area (Å²) in [6.45, 7) is 4.87. The van der Waals surface area contributed by atoms with Crippen molar-refractivity contribution in [2.75, 3.05) is 25.5 Å². The van der Waals surface area contributed by atoms with Crippen LogP contribution in [0.15, 0.2) is 54.9 Å². The van der Waals surface area contributed by atoms with Crippen molar-refractivity contribution >= 4 is 11.6 Å². The first-order valence-electron chi connectivity index (χ1n) is 9.85. The molecular weight excluding hydrogens is 350 g/mol. The summed E-state index contributed by atoms with van der Waals surface area (Å²) in [7, 11) is 2.16. The van der Waals surface area contributed by atoms with Gasteiger partial charge < -0.3 is 14.8 Å². The molecule has 1 N–H and O–H groups in total. The third-order valence-corrected chi connectivity index (χ3v) is 5.58. The van der Waals surface area contributed by atoms with E-state index in [9.17, 15) is 4.79 Å². The van der Waals surface area contributed by atoms with E-state index >= 15 is 0 Å². The second kappa shape index (κ2) is 8.02. The number of hydrogen-bond acceptors (Lipinski definition) is 3. The van der Waals surface area contributed by atoms with E-state index in [4.69, 9.17) is 0 Å². The van der Waals surface area contributed by atoms with Crippen LogP contribution < -0.4 is 5.32 Å². The van der Waals surface area contributed by atoms with Crippen LogP contribution in [0.3, 0.4) is 0 Å². The van der Waals surface area contributed by atoms with Crippen LogP contribution >= 0.6 is 0 Å². The highest BCUT2D eigenvalue weighted by molar-refractivity contribution is 6.03. The number of carbonyl (C=O) groups is 1. The van der Waals surface area contributed by atoms with Gasteiger partial charge in [0, 0.05) is 12.7 Å². The van der Waals surface area contributed by atoms with Gasteiger partial charge in [-0.2, -0.15) is 5.10 Å². The number of carbonyl (C=O) groups excluding carboxylic acids is 1. The highest BCUT2D eigenvalue weighted by Crippen LogP contribution is 2.26. The fraction of sp³-hybridized carbons (Fsp3) is 0.364. The molecule has 3 aromatic rings. The fourth-order valence-electron chi connectivity index (χ4n) is 3.88. The molecular formula is C22H27N5O. The summed E-state index contributed by atoms with van der Waals surface area (Å²) in [5.41, 5.74) is 3.62. The number of hydrogen-bond donors (Lipinski definition) is 1. The second-order valence-electron chi connectivity index (χ2n) is 7.58. The summed E-state index contributed by atoms with van der Waals surface area (Å²) in [5.74, 6) is -0.105. The molecule has 0 bridgehead atoms. The Morgan fingerprint density at radius 2 is 1.89 bits per heavy atom. The minimum atomic E-state index is -0.105. The van der Waals surface area contributed by atoms with Gasteiger partial charge in [-0.3, -0.25) is 9.48 Å². The van der Waals surface area contributed by atoms with Crippen molar-refractivity contribution in [2.45, 2.75) is 32.4 Å². The summed E-state index contributed by atoms with van der Waals surface area (Å²) in [5, 5.41) is 7.62. The average molecular weight is 377 g/mol. The number of rotatable bonds is 5. The van der Waals surface area contributed by atoms with E-state index in [-0.39, 0.29) is 5.91 Å². The maximum absolute atomic E-state index is 12.9. The van der Waals surface area contributed by atoms with E-state index in [2.05, 4.69) is 39.2 Å². The van der Waals surface area contributed by atoms with Crippen LogP contribution in [0.25, 0.3) is 0 Å². The van der Waals surface area contributed by atoms with Crippen LogP contribution in [-0.4, -0.2) is 45.3 Å². The van der Waals surface area contributed by atoms with Crippen LogP contribution in [0.2, 0.25) is 0 Å². The van der Waals surface area contributed by atoms with Gasteiger partial charge in [0.15, 0.2) is 0 Å². The molecule has 0 radical (unpaired) electrons. The Kier molecular flexibility index (Phi) is 5.30. The molecule has 2 aromatic heterocycles. The van der Waals surface area contributed by atoms with Crippen molar-refractivity contribution in [3.63, 3.8) is 0 Å². The van der Waals surface area contributed by atoms with Crippen LogP contribution in [0.1, 0.15) is 40.6 Å². The molecule has 1 saturated heterocycles. The van der Waals surface area contributed by atoms with E-state index in [1.807, 2.05) is 48.0 Å². The highest BCUT2D eigenvalue weighted by Gasteiger charge is 2.22. The first-order valence-corrected chi connectivity index (χ1v) is 9.85. The summed E-state index contributed by atoms with van der Waals surface area (Å²) < 4.78 is 4.05. The number of nitrogens with zero attached hydrogens (tertiary/aromatic N) is 4. The number of aromatic nitrogens is 3. The van der Waals surface area contributed by atoms with E-state index in [0.717, 1.165) is 37.3 Å². The molecule has 146 valence electrons. The molecule has 0 atom stereocenters. The molecule has 28 heavy (non-hydrogen) atoms. The standard InChI is InChI=1S/C22H27N5O/c1-17-20(15-23-27(17)19-10-13-25(2)14-11-19)24-22(28)21-9-6-12-26(21)16-18-7-4-3-5-8-18/h3-9,12,15,19H,10-11,13-14,16H2,1-2H3,(H,24,28). The summed E-state index contributed by atoms with van der Waals surface area (Å²) in [4.78, 5) is 15.2. The average Bonchev–Trinajstić information content (AvgIpc) is 3.31. The first-order chi connectivity index (χ1) is 13.6. The zero-order chi connectivity index (χ0) is 19.5. The Morgan fingerprint density at radius 1 is 1.14 bits per heavy atom. The minimum absolute atomic E-state index is 0.105. The predicted octanol–water partition coefficient (Wildman–Crippen LogP) is 3.56. The number of benzene rings is 1.